The van der Waals surface area contributed by atoms with Crippen molar-refractivity contribution in [1.29, 1.82) is 0 Å². The van der Waals surface area contributed by atoms with Gasteiger partial charge in [-0.05, 0) is 62.2 Å². The maximum atomic E-state index is 13.3. The summed E-state index contributed by atoms with van der Waals surface area (Å²) in [5, 5.41) is 13.3. The Morgan fingerprint density at radius 3 is 2.50 bits per heavy atom. The van der Waals surface area contributed by atoms with E-state index in [1.54, 1.807) is 34.6 Å². The summed E-state index contributed by atoms with van der Waals surface area (Å²) in [7, 11) is 1.87. The lowest BCUT2D eigenvalue weighted by Crippen LogP contribution is -2.29. The third kappa shape index (κ3) is 5.19. The molecule has 0 aliphatic carbocycles. The Kier molecular flexibility index (Phi) is 7.02. The minimum absolute atomic E-state index is 0.204. The molecule has 2 atom stereocenters. The SMILES string of the molecule is Cc1cc(C(=O)NC(C)c2cscn2)ccc1C(=O)N[C@H](C)c1cc(-c2cnn(C)c2)nc2ccccc12. The first-order valence-corrected chi connectivity index (χ1v) is 13.2. The number of rotatable bonds is 7. The fraction of sp³-hybridized carbons (Fsp3) is 0.207. The molecule has 0 saturated heterocycles. The lowest BCUT2D eigenvalue weighted by molar-refractivity contribution is 0.0927. The monoisotopic (exact) mass is 524 g/mol. The number of fused-ring (bicyclic) bond motifs is 1. The average molecular weight is 525 g/mol. The van der Waals surface area contributed by atoms with Crippen LogP contribution in [0.25, 0.3) is 22.2 Å². The number of hydrogen-bond donors (Lipinski definition) is 2. The average Bonchev–Trinajstić information content (AvgIpc) is 3.60. The van der Waals surface area contributed by atoms with Crippen molar-refractivity contribution in [2.75, 3.05) is 0 Å². The minimum Gasteiger partial charge on any atom is -0.345 e. The first-order chi connectivity index (χ1) is 18.3. The zero-order chi connectivity index (χ0) is 26.8. The van der Waals surface area contributed by atoms with Gasteiger partial charge in [0.05, 0.1) is 40.7 Å². The van der Waals surface area contributed by atoms with Crippen molar-refractivity contribution < 1.29 is 9.59 Å². The third-order valence-corrected chi connectivity index (χ3v) is 7.14. The fourth-order valence-corrected chi connectivity index (χ4v) is 5.11. The molecule has 3 heterocycles. The fourth-order valence-electron chi connectivity index (χ4n) is 4.46. The van der Waals surface area contributed by atoms with Gasteiger partial charge < -0.3 is 10.6 Å². The number of hydrogen-bond acceptors (Lipinski definition) is 6. The van der Waals surface area contributed by atoms with Gasteiger partial charge in [-0.1, -0.05) is 18.2 Å². The summed E-state index contributed by atoms with van der Waals surface area (Å²) in [4.78, 5) is 35.1. The van der Waals surface area contributed by atoms with Crippen LogP contribution in [0.5, 0.6) is 0 Å². The number of nitrogens with one attached hydrogen (secondary N) is 2. The Balaban J connectivity index is 1.36. The number of nitrogens with zero attached hydrogens (tertiary/aromatic N) is 4. The molecular formula is C29H28N6O2S. The summed E-state index contributed by atoms with van der Waals surface area (Å²) in [6, 6.07) is 14.5. The smallest absolute Gasteiger partial charge is 0.252 e. The normalized spacial score (nSPS) is 12.7. The van der Waals surface area contributed by atoms with E-state index in [4.69, 9.17) is 4.98 Å². The van der Waals surface area contributed by atoms with E-state index >= 15 is 0 Å². The molecule has 0 spiro atoms. The maximum Gasteiger partial charge on any atom is 0.252 e. The predicted molar refractivity (Wildman–Crippen MR) is 149 cm³/mol. The van der Waals surface area contributed by atoms with Crippen molar-refractivity contribution >= 4 is 34.1 Å². The van der Waals surface area contributed by atoms with Crippen molar-refractivity contribution in [2.45, 2.75) is 32.9 Å². The van der Waals surface area contributed by atoms with Gasteiger partial charge in [0.2, 0.25) is 0 Å². The molecule has 0 fully saturated rings. The molecule has 38 heavy (non-hydrogen) atoms. The molecule has 2 N–H and O–H groups in total. The van der Waals surface area contributed by atoms with Crippen LogP contribution in [0.15, 0.2) is 71.8 Å². The molecule has 9 heteroatoms. The van der Waals surface area contributed by atoms with Gasteiger partial charge in [-0.3, -0.25) is 14.3 Å². The first kappa shape index (κ1) is 25.3. The van der Waals surface area contributed by atoms with Gasteiger partial charge in [0.25, 0.3) is 11.8 Å². The Morgan fingerprint density at radius 1 is 1.00 bits per heavy atom. The number of pyridine rings is 1. The molecule has 8 nitrogen and oxygen atoms in total. The molecule has 0 bridgehead atoms. The summed E-state index contributed by atoms with van der Waals surface area (Å²) >= 11 is 1.49. The molecule has 192 valence electrons. The molecule has 0 radical (unpaired) electrons. The van der Waals surface area contributed by atoms with Gasteiger partial charge in [0, 0.05) is 40.7 Å². The van der Waals surface area contributed by atoms with Crippen molar-refractivity contribution in [3.63, 3.8) is 0 Å². The van der Waals surface area contributed by atoms with Gasteiger partial charge in [-0.25, -0.2) is 9.97 Å². The number of benzene rings is 2. The molecular weight excluding hydrogens is 496 g/mol. The second-order valence-electron chi connectivity index (χ2n) is 9.35. The van der Waals surface area contributed by atoms with Crippen LogP contribution in [0.3, 0.4) is 0 Å². The van der Waals surface area contributed by atoms with Gasteiger partial charge in [0.1, 0.15) is 0 Å². The highest BCUT2D eigenvalue weighted by Gasteiger charge is 2.19. The number of thiazole rings is 1. The van der Waals surface area contributed by atoms with Crippen molar-refractivity contribution in [1.82, 2.24) is 30.4 Å². The van der Waals surface area contributed by atoms with Crippen molar-refractivity contribution in [2.24, 2.45) is 7.05 Å². The van der Waals surface area contributed by atoms with E-state index in [2.05, 4.69) is 20.7 Å². The summed E-state index contributed by atoms with van der Waals surface area (Å²) in [6.45, 7) is 5.69. The second kappa shape index (κ2) is 10.5. The van der Waals surface area contributed by atoms with Crippen molar-refractivity contribution in [3.05, 3.63) is 99.8 Å². The number of carbonyl (C=O) groups is 2. The molecule has 3 aromatic heterocycles. The Bertz CT molecular complexity index is 1630. The third-order valence-electron chi connectivity index (χ3n) is 6.54. The van der Waals surface area contributed by atoms with Crippen LogP contribution in [0.1, 0.15) is 63.5 Å². The van der Waals surface area contributed by atoms with E-state index < -0.39 is 0 Å². The zero-order valence-corrected chi connectivity index (χ0v) is 22.4. The summed E-state index contributed by atoms with van der Waals surface area (Å²) in [5.41, 5.74) is 7.82. The Hall–Kier alpha value is -4.37. The molecule has 0 aliphatic heterocycles. The lowest BCUT2D eigenvalue weighted by atomic mass is 9.99. The first-order valence-electron chi connectivity index (χ1n) is 12.3. The van der Waals surface area contributed by atoms with Crippen LogP contribution in [0.4, 0.5) is 0 Å². The number of amides is 2. The van der Waals surface area contributed by atoms with Crippen LogP contribution in [0.2, 0.25) is 0 Å². The summed E-state index contributed by atoms with van der Waals surface area (Å²) in [6.07, 6.45) is 3.70. The van der Waals surface area contributed by atoms with E-state index in [9.17, 15) is 9.59 Å². The Morgan fingerprint density at radius 2 is 1.79 bits per heavy atom. The standard InChI is InChI=1S/C29H28N6O2S/c1-17-11-20(28(36)33-19(3)27-15-38-16-30-27)9-10-22(17)29(37)32-18(2)24-12-26(21-13-31-35(4)14-21)34-25-8-6-5-7-23(24)25/h5-16,18-19H,1-4H3,(H,32,37)(H,33,36)/t18-,19?/m1/s1. The van der Waals surface area contributed by atoms with Crippen LogP contribution in [0, 0.1) is 6.92 Å². The zero-order valence-electron chi connectivity index (χ0n) is 21.6. The molecule has 2 amide bonds. The largest absolute Gasteiger partial charge is 0.345 e. The van der Waals surface area contributed by atoms with Crippen LogP contribution in [-0.4, -0.2) is 31.6 Å². The lowest BCUT2D eigenvalue weighted by Gasteiger charge is -2.19. The van der Waals surface area contributed by atoms with Gasteiger partial charge in [-0.2, -0.15) is 5.10 Å². The topological polar surface area (TPSA) is 102 Å². The molecule has 1 unspecified atom stereocenters. The second-order valence-corrected chi connectivity index (χ2v) is 10.1. The quantitative estimate of drug-likeness (QED) is 0.298. The predicted octanol–water partition coefficient (Wildman–Crippen LogP) is 5.38. The molecule has 5 aromatic rings. The summed E-state index contributed by atoms with van der Waals surface area (Å²) < 4.78 is 1.74. The van der Waals surface area contributed by atoms with E-state index in [0.717, 1.165) is 39.0 Å². The minimum atomic E-state index is -0.285. The molecule has 5 rings (SSSR count). The van der Waals surface area contributed by atoms with E-state index in [1.807, 2.05) is 69.7 Å². The van der Waals surface area contributed by atoms with Gasteiger partial charge >= 0.3 is 0 Å². The highest BCUT2D eigenvalue weighted by Crippen LogP contribution is 2.29. The summed E-state index contributed by atoms with van der Waals surface area (Å²) in [5.74, 6) is -0.415. The molecule has 0 saturated carbocycles. The number of para-hydroxylation sites is 1. The Labute approximate surface area is 224 Å². The maximum absolute atomic E-state index is 13.3. The van der Waals surface area contributed by atoms with E-state index in [0.29, 0.717) is 11.1 Å². The van der Waals surface area contributed by atoms with Crippen molar-refractivity contribution in [3.8, 4) is 11.3 Å². The highest BCUT2D eigenvalue weighted by molar-refractivity contribution is 7.07. The van der Waals surface area contributed by atoms with Crippen LogP contribution >= 0.6 is 11.3 Å². The number of carbonyl (C=O) groups excluding carboxylic acids is 2. The van der Waals surface area contributed by atoms with E-state index in [-0.39, 0.29) is 23.9 Å². The molecule has 2 aromatic carbocycles. The van der Waals surface area contributed by atoms with Crippen LogP contribution < -0.4 is 10.6 Å². The van der Waals surface area contributed by atoms with Gasteiger partial charge in [-0.15, -0.1) is 11.3 Å². The molecule has 0 aliphatic rings. The number of aromatic nitrogens is 4. The highest BCUT2D eigenvalue weighted by atomic mass is 32.1. The van der Waals surface area contributed by atoms with Gasteiger partial charge in [0.15, 0.2) is 0 Å². The van der Waals surface area contributed by atoms with Crippen LogP contribution in [-0.2, 0) is 7.05 Å². The van der Waals surface area contributed by atoms with E-state index in [1.165, 1.54) is 11.3 Å². The number of aryl methyl sites for hydroxylation is 2.